The molecule has 12 heavy (non-hydrogen) atoms. The Balaban J connectivity index is 3.23. The summed E-state index contributed by atoms with van der Waals surface area (Å²) in [4.78, 5) is 0. The summed E-state index contributed by atoms with van der Waals surface area (Å²) in [5.74, 6) is -0.258. The Hall–Kier alpha value is -0.710. The lowest BCUT2D eigenvalue weighted by molar-refractivity contribution is 0.982. The van der Waals surface area contributed by atoms with Gasteiger partial charge in [-0.15, -0.1) is 0 Å². The number of rotatable bonds is 1. The molecule has 62 valence electrons. The van der Waals surface area contributed by atoms with Gasteiger partial charge in [-0.3, -0.25) is 0 Å². The minimum absolute atomic E-state index is 0.258. The minimum atomic E-state index is -0.258. The Morgan fingerprint density at radius 3 is 2.25 bits per heavy atom. The molecule has 0 fully saturated rings. The van der Waals surface area contributed by atoms with E-state index in [2.05, 4.69) is 6.07 Å². The minimum Gasteiger partial charge on any atom is -0.198 e. The van der Waals surface area contributed by atoms with Crippen LogP contribution in [0.25, 0.3) is 0 Å². The molecule has 0 spiro atoms. The van der Waals surface area contributed by atoms with Crippen LogP contribution < -0.4 is 0 Å². The van der Waals surface area contributed by atoms with Crippen molar-refractivity contribution in [1.82, 2.24) is 0 Å². The Labute approximate surface area is 81.5 Å². The lowest BCUT2D eigenvalue weighted by Gasteiger charge is -2.07. The number of nitriles is 1. The van der Waals surface area contributed by atoms with Crippen LogP contribution in [-0.4, -0.2) is 0 Å². The highest BCUT2D eigenvalue weighted by molar-refractivity contribution is 6.36. The Morgan fingerprint density at radius 2 is 1.83 bits per heavy atom. The predicted octanol–water partition coefficient (Wildman–Crippen LogP) is 3.62. The molecule has 3 heteroatoms. The van der Waals surface area contributed by atoms with Crippen LogP contribution in [0, 0.1) is 11.3 Å². The van der Waals surface area contributed by atoms with Gasteiger partial charge in [-0.1, -0.05) is 29.3 Å². The fourth-order valence-electron chi connectivity index (χ4n) is 0.989. The zero-order chi connectivity index (χ0) is 9.14. The van der Waals surface area contributed by atoms with Crippen molar-refractivity contribution in [2.45, 2.75) is 12.8 Å². The summed E-state index contributed by atoms with van der Waals surface area (Å²) in [5, 5.41) is 9.77. The predicted molar refractivity (Wildman–Crippen MR) is 50.5 cm³/mol. The van der Waals surface area contributed by atoms with E-state index in [9.17, 15) is 0 Å². The van der Waals surface area contributed by atoms with Crippen LogP contribution in [-0.2, 0) is 0 Å². The zero-order valence-corrected chi connectivity index (χ0v) is 8.02. The van der Waals surface area contributed by atoms with Crippen LogP contribution in [0.2, 0.25) is 10.0 Å². The van der Waals surface area contributed by atoms with Crippen molar-refractivity contribution >= 4 is 23.2 Å². The van der Waals surface area contributed by atoms with E-state index >= 15 is 0 Å². The molecule has 0 aliphatic carbocycles. The van der Waals surface area contributed by atoms with Crippen molar-refractivity contribution in [3.63, 3.8) is 0 Å². The molecule has 0 aromatic heterocycles. The maximum Gasteiger partial charge on any atom is 0.0713 e. The molecule has 0 bridgehead atoms. The van der Waals surface area contributed by atoms with Crippen LogP contribution in [0.5, 0.6) is 0 Å². The molecule has 1 aromatic rings. The van der Waals surface area contributed by atoms with Crippen LogP contribution in [0.3, 0.4) is 0 Å². The highest BCUT2D eigenvalue weighted by Gasteiger charge is 2.11. The molecule has 1 aromatic carbocycles. The second-order valence-corrected chi connectivity index (χ2v) is 3.30. The molecular formula is C9H7Cl2N. The van der Waals surface area contributed by atoms with Gasteiger partial charge in [0.25, 0.3) is 0 Å². The van der Waals surface area contributed by atoms with Gasteiger partial charge in [0, 0.05) is 15.6 Å². The highest BCUT2D eigenvalue weighted by atomic mass is 35.5. The molecule has 0 unspecified atom stereocenters. The van der Waals surface area contributed by atoms with Gasteiger partial charge in [-0.2, -0.15) is 5.26 Å². The summed E-state index contributed by atoms with van der Waals surface area (Å²) >= 11 is 11.7. The number of nitrogens with zero attached hydrogens (tertiary/aromatic N) is 1. The van der Waals surface area contributed by atoms with E-state index in [1.807, 2.05) is 0 Å². The van der Waals surface area contributed by atoms with E-state index in [1.165, 1.54) is 0 Å². The van der Waals surface area contributed by atoms with Crippen LogP contribution in [0.15, 0.2) is 18.2 Å². The van der Waals surface area contributed by atoms with Crippen molar-refractivity contribution in [1.29, 1.82) is 5.26 Å². The van der Waals surface area contributed by atoms with Gasteiger partial charge in [0.1, 0.15) is 0 Å². The number of hydrogen-bond donors (Lipinski definition) is 0. The molecule has 0 saturated carbocycles. The van der Waals surface area contributed by atoms with Gasteiger partial charge in [0.15, 0.2) is 0 Å². The van der Waals surface area contributed by atoms with E-state index in [4.69, 9.17) is 28.5 Å². The van der Waals surface area contributed by atoms with Crippen molar-refractivity contribution in [2.24, 2.45) is 0 Å². The fraction of sp³-hybridized carbons (Fsp3) is 0.222. The van der Waals surface area contributed by atoms with Gasteiger partial charge in [-0.05, 0) is 19.1 Å². The van der Waals surface area contributed by atoms with Crippen LogP contribution in [0.1, 0.15) is 18.4 Å². The third-order valence-corrected chi connectivity index (χ3v) is 2.29. The molecule has 0 radical (unpaired) electrons. The summed E-state index contributed by atoms with van der Waals surface area (Å²) in [6, 6.07) is 7.32. The van der Waals surface area contributed by atoms with Gasteiger partial charge in [0.05, 0.1) is 12.0 Å². The molecule has 0 amide bonds. The van der Waals surface area contributed by atoms with Crippen molar-refractivity contribution in [3.05, 3.63) is 33.8 Å². The van der Waals surface area contributed by atoms with Crippen LogP contribution in [0.4, 0.5) is 0 Å². The SMILES string of the molecule is C[C@H](C#N)c1c(Cl)cccc1Cl. The summed E-state index contributed by atoms with van der Waals surface area (Å²) in [7, 11) is 0. The van der Waals surface area contributed by atoms with E-state index < -0.39 is 0 Å². The number of benzene rings is 1. The second kappa shape index (κ2) is 3.80. The van der Waals surface area contributed by atoms with E-state index in [0.29, 0.717) is 15.6 Å². The fourth-order valence-corrected chi connectivity index (χ4v) is 1.71. The molecule has 0 N–H and O–H groups in total. The first-order chi connectivity index (χ1) is 5.66. The first kappa shape index (κ1) is 9.38. The molecular weight excluding hydrogens is 193 g/mol. The summed E-state index contributed by atoms with van der Waals surface area (Å²) in [6.07, 6.45) is 0. The van der Waals surface area contributed by atoms with Gasteiger partial charge < -0.3 is 0 Å². The Morgan fingerprint density at radius 1 is 1.33 bits per heavy atom. The van der Waals surface area contributed by atoms with Crippen molar-refractivity contribution in [2.75, 3.05) is 0 Å². The van der Waals surface area contributed by atoms with E-state index in [1.54, 1.807) is 25.1 Å². The maximum atomic E-state index is 8.67. The van der Waals surface area contributed by atoms with Gasteiger partial charge >= 0.3 is 0 Å². The molecule has 0 aliphatic rings. The summed E-state index contributed by atoms with van der Waals surface area (Å²) in [5.41, 5.74) is 0.711. The smallest absolute Gasteiger partial charge is 0.0713 e. The average molecular weight is 200 g/mol. The first-order valence-corrected chi connectivity index (χ1v) is 4.26. The van der Waals surface area contributed by atoms with Gasteiger partial charge in [0.2, 0.25) is 0 Å². The molecule has 0 aliphatic heterocycles. The molecule has 0 heterocycles. The monoisotopic (exact) mass is 199 g/mol. The third kappa shape index (κ3) is 1.72. The average Bonchev–Trinajstić information content (AvgIpc) is 2.03. The molecule has 0 saturated heterocycles. The van der Waals surface area contributed by atoms with E-state index in [-0.39, 0.29) is 5.92 Å². The second-order valence-electron chi connectivity index (χ2n) is 2.49. The summed E-state index contributed by atoms with van der Waals surface area (Å²) < 4.78 is 0. The van der Waals surface area contributed by atoms with Crippen LogP contribution >= 0.6 is 23.2 Å². The van der Waals surface area contributed by atoms with Crippen molar-refractivity contribution in [3.8, 4) is 6.07 Å². The maximum absolute atomic E-state index is 8.67. The largest absolute Gasteiger partial charge is 0.198 e. The lowest BCUT2D eigenvalue weighted by atomic mass is 10.0. The number of hydrogen-bond acceptors (Lipinski definition) is 1. The topological polar surface area (TPSA) is 23.8 Å². The lowest BCUT2D eigenvalue weighted by Crippen LogP contribution is -1.91. The molecule has 1 atom stereocenters. The third-order valence-electron chi connectivity index (χ3n) is 1.63. The van der Waals surface area contributed by atoms with Gasteiger partial charge in [-0.25, -0.2) is 0 Å². The number of halogens is 2. The molecule has 1 rings (SSSR count). The first-order valence-electron chi connectivity index (χ1n) is 3.50. The normalized spacial score (nSPS) is 12.2. The highest BCUT2D eigenvalue weighted by Crippen LogP contribution is 2.30. The van der Waals surface area contributed by atoms with Crippen molar-refractivity contribution < 1.29 is 0 Å². The Kier molecular flexibility index (Phi) is 2.97. The standard InChI is InChI=1S/C9H7Cl2N/c1-6(5-12)9-7(10)3-2-4-8(9)11/h2-4,6H,1H3/t6-/m1/s1. The molecule has 1 nitrogen and oxygen atoms in total. The van der Waals surface area contributed by atoms with E-state index in [0.717, 1.165) is 0 Å². The summed E-state index contributed by atoms with van der Waals surface area (Å²) in [6.45, 7) is 1.77. The quantitative estimate of drug-likeness (QED) is 0.679. The Bertz CT molecular complexity index is 308. The zero-order valence-electron chi connectivity index (χ0n) is 6.51.